The zero-order valence-electron chi connectivity index (χ0n) is 36.4. The molecule has 1 amide bonds. The van der Waals surface area contributed by atoms with Crippen molar-refractivity contribution in [2.45, 2.75) is 199 Å². The van der Waals surface area contributed by atoms with Crippen molar-refractivity contribution in [1.82, 2.24) is 5.32 Å². The number of amides is 1. The molecule has 3 unspecified atom stereocenters. The molecule has 0 heterocycles. The summed E-state index contributed by atoms with van der Waals surface area (Å²) in [6, 6.07) is -0.901. The molecule has 0 fully saturated rings. The molecule has 0 saturated carbocycles. The SMILES string of the molecule is CCCC/C=C/CC/C=C/C(O)C(COP(=O)([O-])OCC[N+](C)(C)C)NC(=O)CCCCCCCCCCCCCCC/C=C\C/C=C\CCCCCCC. The second-order valence-electron chi connectivity index (χ2n) is 16.4. The molecule has 9 heteroatoms. The van der Waals surface area contributed by atoms with Crippen molar-refractivity contribution in [1.29, 1.82) is 0 Å². The minimum Gasteiger partial charge on any atom is -0.756 e. The van der Waals surface area contributed by atoms with E-state index in [1.54, 1.807) is 6.08 Å². The maximum atomic E-state index is 12.8. The molecule has 322 valence electrons. The fourth-order valence-electron chi connectivity index (χ4n) is 6.12. The van der Waals surface area contributed by atoms with E-state index in [0.717, 1.165) is 44.9 Å². The first-order chi connectivity index (χ1) is 26.5. The predicted molar refractivity (Wildman–Crippen MR) is 233 cm³/mol. The summed E-state index contributed by atoms with van der Waals surface area (Å²) in [6.07, 6.45) is 47.6. The van der Waals surface area contributed by atoms with Crippen LogP contribution in [0.1, 0.15) is 187 Å². The van der Waals surface area contributed by atoms with Crippen LogP contribution in [0.25, 0.3) is 0 Å². The summed E-state index contributed by atoms with van der Waals surface area (Å²) in [5.41, 5.74) is 0. The fourth-order valence-corrected chi connectivity index (χ4v) is 6.85. The molecular weight excluding hydrogens is 707 g/mol. The van der Waals surface area contributed by atoms with Crippen LogP contribution in [-0.2, 0) is 18.4 Å². The van der Waals surface area contributed by atoms with Crippen molar-refractivity contribution in [3.05, 3.63) is 48.6 Å². The van der Waals surface area contributed by atoms with Crippen molar-refractivity contribution in [2.24, 2.45) is 0 Å². The maximum Gasteiger partial charge on any atom is 0.268 e. The minimum atomic E-state index is -4.59. The van der Waals surface area contributed by atoms with Gasteiger partial charge in [-0.3, -0.25) is 9.36 Å². The standard InChI is InChI=1S/C46H87N2O6P/c1-6-8-10-12-14-16-17-18-19-20-21-22-23-24-25-26-27-28-29-30-31-32-34-36-38-40-46(50)47-44(43-54-55(51,52)53-42-41-48(3,4)5)45(49)39-37-35-33-15-13-11-9-7-2/h13,15,17-18,20-21,37,39,44-45,49H,6-12,14,16,19,22-36,38,40-43H2,1-5H3,(H-,47,50,51,52)/b15-13+,18-17-,21-20-,39-37+. The first-order valence-electron chi connectivity index (χ1n) is 22.5. The molecule has 0 aliphatic heterocycles. The number of phosphoric acid groups is 1. The highest BCUT2D eigenvalue weighted by molar-refractivity contribution is 7.45. The van der Waals surface area contributed by atoms with Crippen LogP contribution in [0.5, 0.6) is 0 Å². The number of aliphatic hydroxyl groups excluding tert-OH is 1. The zero-order chi connectivity index (χ0) is 40.7. The average Bonchev–Trinajstić information content (AvgIpc) is 3.13. The molecule has 0 aliphatic rings. The van der Waals surface area contributed by atoms with Crippen molar-refractivity contribution in [3.8, 4) is 0 Å². The molecule has 0 aromatic carbocycles. The summed E-state index contributed by atoms with van der Waals surface area (Å²) in [7, 11) is 1.24. The van der Waals surface area contributed by atoms with E-state index in [4.69, 9.17) is 9.05 Å². The van der Waals surface area contributed by atoms with Gasteiger partial charge in [-0.25, -0.2) is 0 Å². The predicted octanol–water partition coefficient (Wildman–Crippen LogP) is 11.8. The maximum absolute atomic E-state index is 12.8. The van der Waals surface area contributed by atoms with Crippen molar-refractivity contribution in [3.63, 3.8) is 0 Å². The van der Waals surface area contributed by atoms with E-state index < -0.39 is 26.6 Å². The number of unbranched alkanes of at least 4 members (excludes halogenated alkanes) is 21. The van der Waals surface area contributed by atoms with Crippen molar-refractivity contribution in [2.75, 3.05) is 40.9 Å². The Labute approximate surface area is 339 Å². The molecule has 0 rings (SSSR count). The first kappa shape index (κ1) is 53.5. The lowest BCUT2D eigenvalue weighted by molar-refractivity contribution is -0.870. The Balaban J connectivity index is 4.15. The molecule has 55 heavy (non-hydrogen) atoms. The highest BCUT2D eigenvalue weighted by Crippen LogP contribution is 2.38. The van der Waals surface area contributed by atoms with Gasteiger partial charge >= 0.3 is 0 Å². The fraction of sp³-hybridized carbons (Fsp3) is 0.804. The van der Waals surface area contributed by atoms with Gasteiger partial charge in [-0.05, 0) is 57.8 Å². The molecule has 2 N–H and O–H groups in total. The van der Waals surface area contributed by atoms with Gasteiger partial charge in [0, 0.05) is 6.42 Å². The van der Waals surface area contributed by atoms with Crippen LogP contribution in [0.4, 0.5) is 0 Å². The normalized spacial score (nSPS) is 14.8. The Kier molecular flexibility index (Phi) is 36.9. The number of phosphoric ester groups is 1. The smallest absolute Gasteiger partial charge is 0.268 e. The van der Waals surface area contributed by atoms with Gasteiger partial charge in [-0.2, -0.15) is 0 Å². The molecule has 0 aliphatic carbocycles. The van der Waals surface area contributed by atoms with Crippen LogP contribution in [-0.4, -0.2) is 68.5 Å². The molecule has 0 aromatic heterocycles. The van der Waals surface area contributed by atoms with Gasteiger partial charge in [0.05, 0.1) is 39.9 Å². The molecule has 0 aromatic rings. The Hall–Kier alpha value is -1.54. The van der Waals surface area contributed by atoms with E-state index in [9.17, 15) is 19.4 Å². The van der Waals surface area contributed by atoms with E-state index in [-0.39, 0.29) is 12.5 Å². The lowest BCUT2D eigenvalue weighted by Crippen LogP contribution is -2.45. The second-order valence-corrected chi connectivity index (χ2v) is 17.8. The van der Waals surface area contributed by atoms with E-state index in [1.807, 2.05) is 27.2 Å². The van der Waals surface area contributed by atoms with Crippen LogP contribution in [0.2, 0.25) is 0 Å². The number of aliphatic hydroxyl groups is 1. The van der Waals surface area contributed by atoms with Gasteiger partial charge in [-0.15, -0.1) is 0 Å². The number of rotatable bonds is 40. The number of hydrogen-bond acceptors (Lipinski definition) is 6. The summed E-state index contributed by atoms with van der Waals surface area (Å²) in [5.74, 6) is -0.213. The highest BCUT2D eigenvalue weighted by atomic mass is 31.2. The molecule has 8 nitrogen and oxygen atoms in total. The number of hydrogen-bond donors (Lipinski definition) is 2. The van der Waals surface area contributed by atoms with E-state index in [0.29, 0.717) is 17.4 Å². The van der Waals surface area contributed by atoms with E-state index in [2.05, 4.69) is 55.6 Å². The summed E-state index contributed by atoms with van der Waals surface area (Å²) in [5, 5.41) is 13.6. The van der Waals surface area contributed by atoms with Crippen molar-refractivity contribution >= 4 is 13.7 Å². The third kappa shape index (κ3) is 40.5. The monoisotopic (exact) mass is 795 g/mol. The Bertz CT molecular complexity index is 1040. The van der Waals surface area contributed by atoms with Crippen LogP contribution >= 0.6 is 7.82 Å². The third-order valence-electron chi connectivity index (χ3n) is 9.76. The number of carbonyl (C=O) groups excluding carboxylic acids is 1. The third-order valence-corrected chi connectivity index (χ3v) is 10.7. The van der Waals surface area contributed by atoms with Crippen LogP contribution < -0.4 is 10.2 Å². The Morgan fingerprint density at radius 3 is 1.64 bits per heavy atom. The number of nitrogens with one attached hydrogen (secondary N) is 1. The summed E-state index contributed by atoms with van der Waals surface area (Å²) in [4.78, 5) is 25.2. The lowest BCUT2D eigenvalue weighted by atomic mass is 10.0. The molecule has 3 atom stereocenters. The van der Waals surface area contributed by atoms with Gasteiger partial charge in [0.2, 0.25) is 5.91 Å². The molecule has 0 bridgehead atoms. The lowest BCUT2D eigenvalue weighted by Gasteiger charge is -2.29. The van der Waals surface area contributed by atoms with Crippen LogP contribution in [0, 0.1) is 0 Å². The van der Waals surface area contributed by atoms with Crippen LogP contribution in [0.3, 0.4) is 0 Å². The number of carbonyl (C=O) groups is 1. The van der Waals surface area contributed by atoms with Gasteiger partial charge in [0.1, 0.15) is 13.2 Å². The Morgan fingerprint density at radius 1 is 0.636 bits per heavy atom. The molecular formula is C46H87N2O6P. The van der Waals surface area contributed by atoms with Gasteiger partial charge in [0.25, 0.3) is 7.82 Å². The first-order valence-corrected chi connectivity index (χ1v) is 24.0. The van der Waals surface area contributed by atoms with Crippen LogP contribution in [0.15, 0.2) is 48.6 Å². The largest absolute Gasteiger partial charge is 0.756 e. The van der Waals surface area contributed by atoms with Crippen molar-refractivity contribution < 1.29 is 32.9 Å². The Morgan fingerprint density at radius 2 is 1.09 bits per heavy atom. The summed E-state index contributed by atoms with van der Waals surface area (Å²) < 4.78 is 23.1. The average molecular weight is 795 g/mol. The number of likely N-dealkylation sites (N-methyl/N-ethyl adjacent to an activating group) is 1. The highest BCUT2D eigenvalue weighted by Gasteiger charge is 2.23. The molecule has 0 radical (unpaired) electrons. The second kappa shape index (κ2) is 38.0. The topological polar surface area (TPSA) is 108 Å². The minimum absolute atomic E-state index is 0.00783. The summed E-state index contributed by atoms with van der Waals surface area (Å²) >= 11 is 0. The summed E-state index contributed by atoms with van der Waals surface area (Å²) in [6.45, 7) is 4.53. The van der Waals surface area contributed by atoms with Gasteiger partial charge < -0.3 is 28.8 Å². The van der Waals surface area contributed by atoms with E-state index in [1.165, 1.54) is 122 Å². The number of nitrogens with zero attached hydrogens (tertiary/aromatic N) is 1. The quantitative estimate of drug-likeness (QED) is 0.0277. The van der Waals surface area contributed by atoms with E-state index >= 15 is 0 Å². The molecule has 0 spiro atoms. The van der Waals surface area contributed by atoms with Gasteiger partial charge in [-0.1, -0.05) is 172 Å². The zero-order valence-corrected chi connectivity index (χ0v) is 37.3. The number of allylic oxidation sites excluding steroid dienone is 7. The number of quaternary nitrogens is 1. The van der Waals surface area contributed by atoms with Gasteiger partial charge in [0.15, 0.2) is 0 Å². The molecule has 0 saturated heterocycles.